The Labute approximate surface area is 101 Å². The monoisotopic (exact) mass is 243 g/mol. The van der Waals surface area contributed by atoms with Gasteiger partial charge >= 0.3 is 0 Å². The summed E-state index contributed by atoms with van der Waals surface area (Å²) in [5.74, 6) is 0.680. The number of hydrogen-bond acceptors (Lipinski definition) is 3. The Bertz CT molecular complexity index is 331. The van der Waals surface area contributed by atoms with E-state index in [0.29, 0.717) is 30.5 Å². The summed E-state index contributed by atoms with van der Waals surface area (Å²) in [6.45, 7) is 5.42. The molecular formula is C12H18ClNO2. The van der Waals surface area contributed by atoms with Crippen molar-refractivity contribution in [3.05, 3.63) is 28.8 Å². The first kappa shape index (κ1) is 13.3. The molecule has 0 saturated carbocycles. The van der Waals surface area contributed by atoms with Gasteiger partial charge in [0.15, 0.2) is 0 Å². The van der Waals surface area contributed by atoms with Gasteiger partial charge in [0, 0.05) is 13.2 Å². The van der Waals surface area contributed by atoms with Crippen LogP contribution in [-0.4, -0.2) is 25.9 Å². The molecule has 0 radical (unpaired) electrons. The van der Waals surface area contributed by atoms with E-state index in [4.69, 9.17) is 26.8 Å². The molecule has 0 bridgehead atoms. The fraction of sp³-hybridized carbons (Fsp3) is 0.500. The minimum absolute atomic E-state index is 0.0819. The van der Waals surface area contributed by atoms with Crippen LogP contribution in [0.1, 0.15) is 12.5 Å². The highest BCUT2D eigenvalue weighted by Crippen LogP contribution is 2.25. The Hall–Kier alpha value is -0.770. The number of hydrogen-bond donors (Lipinski definition) is 1. The van der Waals surface area contributed by atoms with E-state index in [9.17, 15) is 0 Å². The van der Waals surface area contributed by atoms with E-state index in [1.807, 2.05) is 32.0 Å². The first-order valence-corrected chi connectivity index (χ1v) is 5.75. The lowest BCUT2D eigenvalue weighted by Gasteiger charge is -2.16. The van der Waals surface area contributed by atoms with E-state index in [0.717, 1.165) is 5.56 Å². The number of ether oxygens (including phenoxy) is 2. The molecule has 0 aliphatic carbocycles. The standard InChI is InChI=1S/C12H18ClNO2/c1-3-15-10(7-14)8-16-12-6-9(2)4-5-11(12)13/h4-6,10H,3,7-8,14H2,1-2H3. The summed E-state index contributed by atoms with van der Waals surface area (Å²) >= 11 is 6.00. The highest BCUT2D eigenvalue weighted by Gasteiger charge is 2.08. The van der Waals surface area contributed by atoms with E-state index in [2.05, 4.69) is 0 Å². The van der Waals surface area contributed by atoms with E-state index in [-0.39, 0.29) is 6.10 Å². The molecule has 1 aromatic carbocycles. The van der Waals surface area contributed by atoms with Crippen molar-refractivity contribution in [2.45, 2.75) is 20.0 Å². The van der Waals surface area contributed by atoms with Crippen molar-refractivity contribution in [1.82, 2.24) is 0 Å². The third-order valence-electron chi connectivity index (χ3n) is 2.18. The summed E-state index contributed by atoms with van der Waals surface area (Å²) in [4.78, 5) is 0. The fourth-order valence-corrected chi connectivity index (χ4v) is 1.50. The lowest BCUT2D eigenvalue weighted by atomic mass is 10.2. The molecule has 1 unspecified atom stereocenters. The lowest BCUT2D eigenvalue weighted by Crippen LogP contribution is -2.30. The molecular weight excluding hydrogens is 226 g/mol. The van der Waals surface area contributed by atoms with Crippen LogP contribution in [0.15, 0.2) is 18.2 Å². The largest absolute Gasteiger partial charge is 0.489 e. The van der Waals surface area contributed by atoms with Crippen LogP contribution in [0.5, 0.6) is 5.75 Å². The van der Waals surface area contributed by atoms with Crippen molar-refractivity contribution in [3.8, 4) is 5.75 Å². The Morgan fingerprint density at radius 1 is 1.44 bits per heavy atom. The molecule has 0 spiro atoms. The van der Waals surface area contributed by atoms with Crippen molar-refractivity contribution in [2.75, 3.05) is 19.8 Å². The van der Waals surface area contributed by atoms with Crippen molar-refractivity contribution in [2.24, 2.45) is 5.73 Å². The first-order valence-electron chi connectivity index (χ1n) is 5.38. The minimum atomic E-state index is -0.0819. The van der Waals surface area contributed by atoms with Gasteiger partial charge < -0.3 is 15.2 Å². The van der Waals surface area contributed by atoms with E-state index >= 15 is 0 Å². The first-order chi connectivity index (χ1) is 7.67. The maximum Gasteiger partial charge on any atom is 0.138 e. The van der Waals surface area contributed by atoms with Crippen LogP contribution in [0.25, 0.3) is 0 Å². The van der Waals surface area contributed by atoms with Gasteiger partial charge in [-0.1, -0.05) is 17.7 Å². The van der Waals surface area contributed by atoms with Crippen molar-refractivity contribution < 1.29 is 9.47 Å². The maximum absolute atomic E-state index is 6.00. The van der Waals surface area contributed by atoms with Crippen LogP contribution in [0.4, 0.5) is 0 Å². The molecule has 0 amide bonds. The Morgan fingerprint density at radius 2 is 2.19 bits per heavy atom. The molecule has 1 aromatic rings. The summed E-state index contributed by atoms with van der Waals surface area (Å²) in [6.07, 6.45) is -0.0819. The zero-order valence-corrected chi connectivity index (χ0v) is 10.5. The van der Waals surface area contributed by atoms with Crippen LogP contribution < -0.4 is 10.5 Å². The summed E-state index contributed by atoms with van der Waals surface area (Å²) in [5, 5.41) is 0.609. The molecule has 0 fully saturated rings. The Balaban J connectivity index is 2.55. The molecule has 0 aliphatic rings. The third kappa shape index (κ3) is 4.00. The second-order valence-corrected chi connectivity index (χ2v) is 3.97. The van der Waals surface area contributed by atoms with Crippen molar-refractivity contribution in [1.29, 1.82) is 0 Å². The van der Waals surface area contributed by atoms with E-state index < -0.39 is 0 Å². The van der Waals surface area contributed by atoms with Gasteiger partial charge in [0.2, 0.25) is 0 Å². The van der Waals surface area contributed by atoms with Gasteiger partial charge in [-0.05, 0) is 31.5 Å². The molecule has 4 heteroatoms. The minimum Gasteiger partial charge on any atom is -0.489 e. The second kappa shape index (κ2) is 6.74. The number of benzene rings is 1. The molecule has 0 aliphatic heterocycles. The quantitative estimate of drug-likeness (QED) is 0.835. The van der Waals surface area contributed by atoms with Gasteiger partial charge in [-0.15, -0.1) is 0 Å². The summed E-state index contributed by atoms with van der Waals surface area (Å²) in [5.41, 5.74) is 6.66. The highest BCUT2D eigenvalue weighted by atomic mass is 35.5. The second-order valence-electron chi connectivity index (χ2n) is 3.56. The van der Waals surface area contributed by atoms with Crippen LogP contribution in [0, 0.1) is 6.92 Å². The molecule has 0 aromatic heterocycles. The molecule has 1 atom stereocenters. The van der Waals surface area contributed by atoms with Crippen LogP contribution in [0.2, 0.25) is 5.02 Å². The van der Waals surface area contributed by atoms with Gasteiger partial charge in [-0.3, -0.25) is 0 Å². The van der Waals surface area contributed by atoms with Gasteiger partial charge in [0.1, 0.15) is 18.5 Å². The number of rotatable bonds is 6. The van der Waals surface area contributed by atoms with Gasteiger partial charge in [0.05, 0.1) is 5.02 Å². The van der Waals surface area contributed by atoms with Crippen molar-refractivity contribution in [3.63, 3.8) is 0 Å². The molecule has 16 heavy (non-hydrogen) atoms. The zero-order valence-electron chi connectivity index (χ0n) is 9.70. The third-order valence-corrected chi connectivity index (χ3v) is 2.49. The summed E-state index contributed by atoms with van der Waals surface area (Å²) < 4.78 is 11.0. The molecule has 0 heterocycles. The summed E-state index contributed by atoms with van der Waals surface area (Å²) in [6, 6.07) is 5.67. The number of aryl methyl sites for hydroxylation is 1. The number of nitrogens with two attached hydrogens (primary N) is 1. The molecule has 2 N–H and O–H groups in total. The maximum atomic E-state index is 6.00. The lowest BCUT2D eigenvalue weighted by molar-refractivity contribution is 0.0337. The highest BCUT2D eigenvalue weighted by molar-refractivity contribution is 6.32. The average molecular weight is 244 g/mol. The van der Waals surface area contributed by atoms with Gasteiger partial charge in [-0.2, -0.15) is 0 Å². The van der Waals surface area contributed by atoms with Crippen molar-refractivity contribution >= 4 is 11.6 Å². The predicted octanol–water partition coefficient (Wildman–Crippen LogP) is 2.39. The van der Waals surface area contributed by atoms with Crippen LogP contribution >= 0.6 is 11.6 Å². The zero-order chi connectivity index (χ0) is 12.0. The van der Waals surface area contributed by atoms with Crippen LogP contribution in [0.3, 0.4) is 0 Å². The topological polar surface area (TPSA) is 44.5 Å². The van der Waals surface area contributed by atoms with Gasteiger partial charge in [0.25, 0.3) is 0 Å². The summed E-state index contributed by atoms with van der Waals surface area (Å²) in [7, 11) is 0. The Morgan fingerprint density at radius 3 is 2.81 bits per heavy atom. The normalized spacial score (nSPS) is 12.5. The fourth-order valence-electron chi connectivity index (χ4n) is 1.32. The van der Waals surface area contributed by atoms with E-state index in [1.165, 1.54) is 0 Å². The molecule has 3 nitrogen and oxygen atoms in total. The predicted molar refractivity (Wildman–Crippen MR) is 66.2 cm³/mol. The van der Waals surface area contributed by atoms with E-state index in [1.54, 1.807) is 0 Å². The SMILES string of the molecule is CCOC(CN)COc1cc(C)ccc1Cl. The van der Waals surface area contributed by atoms with Crippen LogP contribution in [-0.2, 0) is 4.74 Å². The smallest absolute Gasteiger partial charge is 0.138 e. The Kier molecular flexibility index (Phi) is 5.60. The molecule has 1 rings (SSSR count). The van der Waals surface area contributed by atoms with Gasteiger partial charge in [-0.25, -0.2) is 0 Å². The molecule has 90 valence electrons. The molecule has 0 saturated heterocycles. The number of halogens is 1. The average Bonchev–Trinajstić information content (AvgIpc) is 2.28.